The molecule has 166 valence electrons. The van der Waals surface area contributed by atoms with Crippen molar-refractivity contribution in [1.29, 1.82) is 0 Å². The molecule has 0 saturated heterocycles. The van der Waals surface area contributed by atoms with Gasteiger partial charge in [0, 0.05) is 24.1 Å². The molecule has 1 aromatic carbocycles. The van der Waals surface area contributed by atoms with Crippen LogP contribution in [0.1, 0.15) is 35.5 Å². The molecule has 11 heteroatoms. The molecule has 0 aliphatic carbocycles. The first kappa shape index (κ1) is 24.1. The number of carbonyl (C=O) groups is 3. The molecule has 2 atom stereocenters. The minimum Gasteiger partial charge on any atom is -0.348 e. The fourth-order valence-electron chi connectivity index (χ4n) is 2.58. The van der Waals surface area contributed by atoms with Crippen LogP contribution < -0.4 is 16.1 Å². The van der Waals surface area contributed by atoms with Crippen molar-refractivity contribution in [3.05, 3.63) is 53.4 Å². The highest BCUT2D eigenvalue weighted by atomic mass is 19.3. The summed E-state index contributed by atoms with van der Waals surface area (Å²) in [6, 6.07) is 5.27. The maximum atomic E-state index is 13.7. The zero-order chi connectivity index (χ0) is 23.7. The number of carbonyl (C=O) groups excluding carboxylic acids is 3. The molecule has 1 unspecified atom stereocenters. The lowest BCUT2D eigenvalue weighted by Crippen LogP contribution is -2.68. The second kappa shape index (κ2) is 10.7. The molecule has 0 aliphatic rings. The van der Waals surface area contributed by atoms with E-state index in [1.54, 1.807) is 6.07 Å². The average Bonchev–Trinajstić information content (AvgIpc) is 3.27. The first-order valence-electron chi connectivity index (χ1n) is 9.02. The van der Waals surface area contributed by atoms with Crippen molar-refractivity contribution in [1.82, 2.24) is 21.3 Å². The van der Waals surface area contributed by atoms with Gasteiger partial charge in [-0.25, -0.2) is 14.3 Å². The highest BCUT2D eigenvalue weighted by Gasteiger charge is 2.48. The third-order valence-electron chi connectivity index (χ3n) is 4.19. The van der Waals surface area contributed by atoms with Gasteiger partial charge in [0.1, 0.15) is 11.6 Å². The SMILES string of the molecule is CC(=O)NC(C)(C(F)F)[C@H](NC(=O)c1ccc(C#CC#Cc2ccno2)cc1)C(=O)NO. The quantitative estimate of drug-likeness (QED) is 0.297. The number of aromatic nitrogens is 1. The summed E-state index contributed by atoms with van der Waals surface area (Å²) in [5, 5.41) is 16.5. The van der Waals surface area contributed by atoms with Crippen LogP contribution in [0.5, 0.6) is 0 Å². The van der Waals surface area contributed by atoms with Crippen LogP contribution in [0.15, 0.2) is 41.1 Å². The van der Waals surface area contributed by atoms with Gasteiger partial charge in [-0.1, -0.05) is 11.1 Å². The Morgan fingerprint density at radius 3 is 2.31 bits per heavy atom. The number of hydroxylamine groups is 1. The number of nitrogens with zero attached hydrogens (tertiary/aromatic N) is 1. The number of nitrogens with one attached hydrogen (secondary N) is 3. The first-order valence-corrected chi connectivity index (χ1v) is 9.02. The van der Waals surface area contributed by atoms with E-state index >= 15 is 0 Å². The Kier molecular flexibility index (Phi) is 8.04. The topological polar surface area (TPSA) is 134 Å². The lowest BCUT2D eigenvalue weighted by atomic mass is 9.91. The van der Waals surface area contributed by atoms with Crippen LogP contribution in [0.2, 0.25) is 0 Å². The standard InChI is InChI=1S/C21H18F2N4O5/c1-13(28)26-21(2,20(22)23)17(19(30)27-31)25-18(29)15-9-7-14(8-10-15)5-3-4-6-16-11-12-24-32-16/h7-12,17,20,31H,1-2H3,(H,25,29)(H,26,28)(H,27,30)/t17-,21?/m1/s1. The van der Waals surface area contributed by atoms with E-state index in [0.29, 0.717) is 11.3 Å². The smallest absolute Gasteiger partial charge is 0.268 e. The molecule has 0 aliphatic heterocycles. The van der Waals surface area contributed by atoms with Crippen LogP contribution in [-0.4, -0.2) is 46.1 Å². The van der Waals surface area contributed by atoms with E-state index in [1.165, 1.54) is 35.9 Å². The highest BCUT2D eigenvalue weighted by Crippen LogP contribution is 2.21. The average molecular weight is 444 g/mol. The minimum absolute atomic E-state index is 0.0264. The molecule has 2 aromatic rings. The van der Waals surface area contributed by atoms with E-state index in [9.17, 15) is 23.2 Å². The number of amides is 3. The van der Waals surface area contributed by atoms with E-state index in [-0.39, 0.29) is 5.56 Å². The van der Waals surface area contributed by atoms with Gasteiger partial charge in [-0.2, -0.15) is 0 Å². The maximum absolute atomic E-state index is 13.7. The number of alkyl halides is 2. The molecule has 4 N–H and O–H groups in total. The Labute approximate surface area is 181 Å². The van der Waals surface area contributed by atoms with E-state index in [0.717, 1.165) is 13.8 Å². The molecule has 1 heterocycles. The molecule has 0 fully saturated rings. The number of benzene rings is 1. The normalized spacial score (nSPS) is 12.8. The first-order chi connectivity index (χ1) is 15.2. The highest BCUT2D eigenvalue weighted by molar-refractivity contribution is 5.98. The second-order valence-corrected chi connectivity index (χ2v) is 6.60. The van der Waals surface area contributed by atoms with Gasteiger partial charge >= 0.3 is 0 Å². The largest absolute Gasteiger partial charge is 0.348 e. The molecule has 1 aromatic heterocycles. The molecular weight excluding hydrogens is 426 g/mol. The third-order valence-corrected chi connectivity index (χ3v) is 4.19. The Hall–Kier alpha value is -4.22. The van der Waals surface area contributed by atoms with E-state index in [2.05, 4.69) is 34.2 Å². The monoisotopic (exact) mass is 444 g/mol. The molecule has 0 radical (unpaired) electrons. The van der Waals surface area contributed by atoms with Gasteiger partial charge in [0.25, 0.3) is 18.2 Å². The Bertz CT molecular complexity index is 1100. The molecular formula is C21H18F2N4O5. The summed E-state index contributed by atoms with van der Waals surface area (Å²) in [4.78, 5) is 35.9. The predicted molar refractivity (Wildman–Crippen MR) is 106 cm³/mol. The fraction of sp³-hybridized carbons (Fsp3) is 0.238. The van der Waals surface area contributed by atoms with Crippen LogP contribution in [0.4, 0.5) is 8.78 Å². The molecule has 0 saturated carbocycles. The zero-order valence-corrected chi connectivity index (χ0v) is 16.9. The van der Waals surface area contributed by atoms with Crippen molar-refractivity contribution in [2.75, 3.05) is 0 Å². The van der Waals surface area contributed by atoms with Gasteiger partial charge in [0.15, 0.2) is 0 Å². The van der Waals surface area contributed by atoms with Gasteiger partial charge in [-0.15, -0.1) is 0 Å². The zero-order valence-electron chi connectivity index (χ0n) is 16.9. The number of hydrogen-bond donors (Lipinski definition) is 4. The van der Waals surface area contributed by atoms with Gasteiger partial charge in [0.2, 0.25) is 11.7 Å². The predicted octanol–water partition coefficient (Wildman–Crippen LogP) is 0.841. The Morgan fingerprint density at radius 2 is 1.78 bits per heavy atom. The summed E-state index contributed by atoms with van der Waals surface area (Å²) in [6.07, 6.45) is -1.81. The van der Waals surface area contributed by atoms with E-state index < -0.39 is 35.7 Å². The number of halogens is 2. The van der Waals surface area contributed by atoms with Crippen molar-refractivity contribution in [2.24, 2.45) is 0 Å². The van der Waals surface area contributed by atoms with Crippen molar-refractivity contribution >= 4 is 17.7 Å². The number of hydrogen-bond acceptors (Lipinski definition) is 6. The molecule has 2 rings (SSSR count). The lowest BCUT2D eigenvalue weighted by Gasteiger charge is -2.36. The van der Waals surface area contributed by atoms with Gasteiger partial charge in [-0.3, -0.25) is 19.6 Å². The molecule has 3 amide bonds. The Morgan fingerprint density at radius 1 is 1.12 bits per heavy atom. The molecule has 32 heavy (non-hydrogen) atoms. The summed E-state index contributed by atoms with van der Waals surface area (Å²) in [7, 11) is 0. The minimum atomic E-state index is -3.25. The van der Waals surface area contributed by atoms with E-state index in [4.69, 9.17) is 9.73 Å². The number of rotatable bonds is 6. The van der Waals surface area contributed by atoms with Crippen molar-refractivity contribution < 1.29 is 32.9 Å². The summed E-state index contributed by atoms with van der Waals surface area (Å²) in [6.45, 7) is 1.85. The van der Waals surface area contributed by atoms with Crippen molar-refractivity contribution in [3.63, 3.8) is 0 Å². The third kappa shape index (κ3) is 6.14. The van der Waals surface area contributed by atoms with Crippen LogP contribution in [0.25, 0.3) is 0 Å². The van der Waals surface area contributed by atoms with Crippen LogP contribution in [0.3, 0.4) is 0 Å². The lowest BCUT2D eigenvalue weighted by molar-refractivity contribution is -0.137. The van der Waals surface area contributed by atoms with Crippen molar-refractivity contribution in [3.8, 4) is 23.7 Å². The van der Waals surface area contributed by atoms with Gasteiger partial charge in [-0.05, 0) is 49.0 Å². The fourth-order valence-corrected chi connectivity index (χ4v) is 2.58. The van der Waals surface area contributed by atoms with Gasteiger partial charge in [0.05, 0.1) is 6.20 Å². The van der Waals surface area contributed by atoms with Crippen molar-refractivity contribution in [2.45, 2.75) is 31.9 Å². The van der Waals surface area contributed by atoms with Gasteiger partial charge < -0.3 is 15.2 Å². The maximum Gasteiger partial charge on any atom is 0.268 e. The molecule has 0 spiro atoms. The summed E-state index contributed by atoms with van der Waals surface area (Å²) >= 11 is 0. The Balaban J connectivity index is 2.18. The summed E-state index contributed by atoms with van der Waals surface area (Å²) < 4.78 is 32.1. The van der Waals surface area contributed by atoms with Crippen LogP contribution in [-0.2, 0) is 9.59 Å². The van der Waals surface area contributed by atoms with E-state index in [1.807, 2.05) is 5.32 Å². The van der Waals surface area contributed by atoms with Crippen LogP contribution in [0, 0.1) is 23.7 Å². The second-order valence-electron chi connectivity index (χ2n) is 6.60. The molecule has 0 bridgehead atoms. The molecule has 9 nitrogen and oxygen atoms in total. The van der Waals surface area contributed by atoms with Crippen LogP contribution >= 0.6 is 0 Å². The summed E-state index contributed by atoms with van der Waals surface area (Å²) in [5.74, 6) is 7.80. The summed E-state index contributed by atoms with van der Waals surface area (Å²) in [5.41, 5.74) is -0.726.